The zero-order valence-electron chi connectivity index (χ0n) is 20.9. The van der Waals surface area contributed by atoms with E-state index in [1.165, 1.54) is 6.92 Å². The lowest BCUT2D eigenvalue weighted by molar-refractivity contribution is -0.118. The minimum atomic E-state index is -1.55. The molecule has 0 unspecified atom stereocenters. The van der Waals surface area contributed by atoms with E-state index in [0.29, 0.717) is 21.9 Å². The van der Waals surface area contributed by atoms with Gasteiger partial charge in [0.1, 0.15) is 11.7 Å². The molecule has 0 fully saturated rings. The van der Waals surface area contributed by atoms with Crippen molar-refractivity contribution in [1.29, 1.82) is 10.8 Å². The average molecular weight is 518 g/mol. The van der Waals surface area contributed by atoms with Crippen molar-refractivity contribution in [3.8, 4) is 11.1 Å². The molecule has 8 nitrogen and oxygen atoms in total. The average Bonchev–Trinajstić information content (AvgIpc) is 3.00. The predicted molar refractivity (Wildman–Crippen MR) is 152 cm³/mol. The van der Waals surface area contributed by atoms with Gasteiger partial charge in [-0.15, -0.1) is 0 Å². The Balaban J connectivity index is 0.000000568. The topological polar surface area (TPSA) is 133 Å². The molecule has 0 atom stereocenters. The highest BCUT2D eigenvalue weighted by atomic mass is 35.5. The number of nitrogens with zero attached hydrogens (tertiary/aromatic N) is 2. The van der Waals surface area contributed by atoms with Crippen LogP contribution in [-0.4, -0.2) is 53.5 Å². The molecule has 5 N–H and O–H groups in total. The Morgan fingerprint density at radius 2 is 1.70 bits per heavy atom. The summed E-state index contributed by atoms with van der Waals surface area (Å²) in [5, 5.41) is 38.9. The van der Waals surface area contributed by atoms with E-state index in [1.54, 1.807) is 42.2 Å². The molecule has 0 bridgehead atoms. The first-order valence-electron chi connectivity index (χ1n) is 11.7. The summed E-state index contributed by atoms with van der Waals surface area (Å²) in [6, 6.07) is 20.1. The molecule has 3 aromatic rings. The summed E-state index contributed by atoms with van der Waals surface area (Å²) in [4.78, 5) is 16.2. The monoisotopic (exact) mass is 517 g/mol. The number of benzene rings is 3. The van der Waals surface area contributed by atoms with Gasteiger partial charge >= 0.3 is 7.12 Å². The van der Waals surface area contributed by atoms with Gasteiger partial charge in [0.25, 0.3) is 0 Å². The van der Waals surface area contributed by atoms with E-state index in [2.05, 4.69) is 10.3 Å². The van der Waals surface area contributed by atoms with Gasteiger partial charge in [-0.3, -0.25) is 25.5 Å². The molecule has 0 saturated carbocycles. The van der Waals surface area contributed by atoms with Gasteiger partial charge in [0.05, 0.1) is 17.9 Å². The molecular formula is C27H29BClN5O3. The molecule has 1 aliphatic heterocycles. The number of fused-ring (bicyclic) bond motifs is 1. The maximum atomic E-state index is 9.93. The summed E-state index contributed by atoms with van der Waals surface area (Å²) in [6.45, 7) is 5.91. The second-order valence-electron chi connectivity index (χ2n) is 8.36. The van der Waals surface area contributed by atoms with Crippen LogP contribution in [0, 0.1) is 10.8 Å². The first kappa shape index (κ1) is 27.8. The number of amides is 1. The molecule has 190 valence electrons. The van der Waals surface area contributed by atoms with E-state index in [1.807, 2.05) is 43.3 Å². The lowest BCUT2D eigenvalue weighted by atomic mass is 9.79. The number of anilines is 1. The van der Waals surface area contributed by atoms with E-state index < -0.39 is 7.12 Å². The van der Waals surface area contributed by atoms with Crippen LogP contribution >= 0.6 is 11.6 Å². The third kappa shape index (κ3) is 6.92. The zero-order chi connectivity index (χ0) is 27.1. The van der Waals surface area contributed by atoms with Crippen LogP contribution in [0.15, 0.2) is 71.7 Å². The SMILES string of the molecule is CC(=N)N1C(=N)CN=C(c2ccc(Cl)cc2)c2cc(-c3cccc(B(O)O)c3)ccc21.CCNC(C)=O. The molecule has 4 rings (SSSR count). The van der Waals surface area contributed by atoms with Crippen molar-refractivity contribution in [2.24, 2.45) is 4.99 Å². The zero-order valence-corrected chi connectivity index (χ0v) is 21.7. The second kappa shape index (κ2) is 12.4. The van der Waals surface area contributed by atoms with Crippen molar-refractivity contribution in [3.63, 3.8) is 0 Å². The quantitative estimate of drug-likeness (QED) is 0.206. The van der Waals surface area contributed by atoms with E-state index in [-0.39, 0.29) is 24.1 Å². The van der Waals surface area contributed by atoms with Crippen LogP contribution < -0.4 is 15.7 Å². The standard InChI is InChI=1S/C23H20BClN4O2.C4H9NO/c1-14(26)29-21-10-7-17(16-3-2-4-18(11-16)24(30)31)12-20(21)23(28-13-22(29)27)15-5-8-19(25)9-6-15;1-3-5-4(2)6/h2-12,26-27,30-31H,13H2,1H3;3H2,1-2H3,(H,5,6). The van der Waals surface area contributed by atoms with Crippen molar-refractivity contribution in [2.45, 2.75) is 20.8 Å². The fourth-order valence-corrected chi connectivity index (χ4v) is 4.05. The summed E-state index contributed by atoms with van der Waals surface area (Å²) in [5.74, 6) is 0.491. The minimum absolute atomic E-state index is 0.0394. The number of nitrogens with one attached hydrogen (secondary N) is 3. The lowest BCUT2D eigenvalue weighted by Crippen LogP contribution is -2.35. The van der Waals surface area contributed by atoms with Crippen molar-refractivity contribution >= 4 is 53.2 Å². The summed E-state index contributed by atoms with van der Waals surface area (Å²) in [6.07, 6.45) is 0. The largest absolute Gasteiger partial charge is 0.488 e. The van der Waals surface area contributed by atoms with Crippen LogP contribution in [-0.2, 0) is 4.79 Å². The predicted octanol–water partition coefficient (Wildman–Crippen LogP) is 3.46. The summed E-state index contributed by atoms with van der Waals surface area (Å²) in [7, 11) is -1.55. The number of benzodiazepines with no additional fused rings is 1. The number of amidine groups is 2. The van der Waals surface area contributed by atoms with Crippen molar-refractivity contribution in [3.05, 3.63) is 82.9 Å². The van der Waals surface area contributed by atoms with Crippen LogP contribution in [0.1, 0.15) is 31.9 Å². The fraction of sp³-hybridized carbons (Fsp3) is 0.185. The van der Waals surface area contributed by atoms with Crippen LogP contribution in [0.25, 0.3) is 11.1 Å². The fourth-order valence-electron chi connectivity index (χ4n) is 3.92. The normalized spacial score (nSPS) is 12.4. The van der Waals surface area contributed by atoms with Gasteiger partial charge in [0.2, 0.25) is 5.91 Å². The summed E-state index contributed by atoms with van der Waals surface area (Å²) < 4.78 is 0. The number of aliphatic imine (C=N–C) groups is 1. The van der Waals surface area contributed by atoms with Crippen molar-refractivity contribution in [2.75, 3.05) is 18.0 Å². The minimum Gasteiger partial charge on any atom is -0.423 e. The Morgan fingerprint density at radius 3 is 2.27 bits per heavy atom. The molecule has 10 heteroatoms. The molecule has 3 aromatic carbocycles. The Bertz CT molecular complexity index is 1340. The third-order valence-corrected chi connectivity index (χ3v) is 5.80. The highest BCUT2D eigenvalue weighted by molar-refractivity contribution is 6.58. The van der Waals surface area contributed by atoms with Gasteiger partial charge < -0.3 is 15.4 Å². The van der Waals surface area contributed by atoms with Crippen molar-refractivity contribution in [1.82, 2.24) is 5.32 Å². The number of hydrogen-bond acceptors (Lipinski definition) is 6. The van der Waals surface area contributed by atoms with Crippen LogP contribution in [0.2, 0.25) is 5.02 Å². The van der Waals surface area contributed by atoms with E-state index >= 15 is 0 Å². The molecule has 0 saturated heterocycles. The maximum absolute atomic E-state index is 9.93. The Hall–Kier alpha value is -3.79. The third-order valence-electron chi connectivity index (χ3n) is 5.55. The van der Waals surface area contributed by atoms with Crippen LogP contribution in [0.4, 0.5) is 5.69 Å². The molecule has 0 aromatic heterocycles. The van der Waals surface area contributed by atoms with E-state index in [4.69, 9.17) is 22.4 Å². The van der Waals surface area contributed by atoms with E-state index in [9.17, 15) is 14.8 Å². The van der Waals surface area contributed by atoms with Gasteiger partial charge in [0, 0.05) is 29.6 Å². The van der Waals surface area contributed by atoms with Gasteiger partial charge in [-0.05, 0) is 54.7 Å². The van der Waals surface area contributed by atoms with Gasteiger partial charge in [-0.2, -0.15) is 0 Å². The second-order valence-corrected chi connectivity index (χ2v) is 8.79. The molecule has 37 heavy (non-hydrogen) atoms. The Labute approximate surface area is 221 Å². The van der Waals surface area contributed by atoms with Crippen molar-refractivity contribution < 1.29 is 14.8 Å². The molecule has 0 radical (unpaired) electrons. The molecule has 1 amide bonds. The first-order valence-corrected chi connectivity index (χ1v) is 12.1. The maximum Gasteiger partial charge on any atom is 0.488 e. The molecular weight excluding hydrogens is 489 g/mol. The molecule has 0 spiro atoms. The highest BCUT2D eigenvalue weighted by Gasteiger charge is 2.25. The Morgan fingerprint density at radius 1 is 1.05 bits per heavy atom. The van der Waals surface area contributed by atoms with Gasteiger partial charge in [0.15, 0.2) is 0 Å². The summed E-state index contributed by atoms with van der Waals surface area (Å²) >= 11 is 6.07. The van der Waals surface area contributed by atoms with Crippen LogP contribution in [0.3, 0.4) is 0 Å². The number of hydrogen-bond donors (Lipinski definition) is 5. The number of carbonyl (C=O) groups is 1. The van der Waals surface area contributed by atoms with Gasteiger partial charge in [-0.1, -0.05) is 54.1 Å². The molecule has 0 aliphatic carbocycles. The molecule has 1 aliphatic rings. The number of halogens is 1. The van der Waals surface area contributed by atoms with E-state index in [0.717, 1.165) is 28.8 Å². The Kier molecular flexibility index (Phi) is 9.35. The lowest BCUT2D eigenvalue weighted by Gasteiger charge is -2.24. The highest BCUT2D eigenvalue weighted by Crippen LogP contribution is 2.32. The van der Waals surface area contributed by atoms with Gasteiger partial charge in [-0.25, -0.2) is 0 Å². The molecule has 1 heterocycles. The van der Waals surface area contributed by atoms with Crippen LogP contribution in [0.5, 0.6) is 0 Å². The summed E-state index contributed by atoms with van der Waals surface area (Å²) in [5.41, 5.74) is 5.13. The number of rotatable bonds is 4. The smallest absolute Gasteiger partial charge is 0.423 e. The number of carbonyl (C=O) groups excluding carboxylic acids is 1. The first-order chi connectivity index (χ1) is 17.6.